The molecule has 0 spiro atoms. The lowest BCUT2D eigenvalue weighted by Crippen LogP contribution is -2.62. The average Bonchev–Trinajstić information content (AvgIpc) is 3.11. The molecular weight excluding hydrogens is 419 g/mol. The smallest absolute Gasteiger partial charge is 0.369 e. The van der Waals surface area contributed by atoms with Gasteiger partial charge < -0.3 is 15.6 Å². The zero-order chi connectivity index (χ0) is 22.8. The number of benzene rings is 1. The Balaban J connectivity index is 1.33. The second kappa shape index (κ2) is 7.12. The van der Waals surface area contributed by atoms with Gasteiger partial charge in [-0.2, -0.15) is 13.2 Å². The largest absolute Gasteiger partial charge is 0.416 e. The molecule has 4 aliphatic rings. The van der Waals surface area contributed by atoms with Crippen molar-refractivity contribution in [3.63, 3.8) is 0 Å². The molecule has 4 aliphatic carbocycles. The predicted molar refractivity (Wildman–Crippen MR) is 112 cm³/mol. The quantitative estimate of drug-likeness (QED) is 0.743. The Morgan fingerprint density at radius 3 is 2.22 bits per heavy atom. The summed E-state index contributed by atoms with van der Waals surface area (Å²) in [5, 5.41) is 3.21. The average molecular weight is 445 g/mol. The van der Waals surface area contributed by atoms with Crippen LogP contribution >= 0.6 is 0 Å². The first kappa shape index (κ1) is 21.1. The van der Waals surface area contributed by atoms with Crippen molar-refractivity contribution in [2.45, 2.75) is 44.3 Å². The molecule has 170 valence electrons. The summed E-state index contributed by atoms with van der Waals surface area (Å²) >= 11 is 0. The molecule has 0 aliphatic heterocycles. The summed E-state index contributed by atoms with van der Waals surface area (Å²) in [6, 6.07) is 8.40. The Bertz CT molecular complexity index is 1060. The van der Waals surface area contributed by atoms with Crippen LogP contribution in [0.5, 0.6) is 0 Å². The van der Waals surface area contributed by atoms with Gasteiger partial charge in [0.15, 0.2) is 0 Å². The number of aromatic nitrogens is 1. The second-order valence-electron chi connectivity index (χ2n) is 9.85. The summed E-state index contributed by atoms with van der Waals surface area (Å²) < 4.78 is 40.2. The number of carbonyl (C=O) groups excluding carboxylic acids is 2. The van der Waals surface area contributed by atoms with Crippen molar-refractivity contribution in [1.82, 2.24) is 9.88 Å². The molecule has 4 saturated carbocycles. The molecule has 0 radical (unpaired) electrons. The maximum absolute atomic E-state index is 13.1. The zero-order valence-electron chi connectivity index (χ0n) is 17.8. The maximum atomic E-state index is 13.1. The highest BCUT2D eigenvalue weighted by Gasteiger charge is 2.58. The number of nitrogens with two attached hydrogens (primary N) is 1. The summed E-state index contributed by atoms with van der Waals surface area (Å²) in [5.74, 6) is 0.621. The van der Waals surface area contributed by atoms with Gasteiger partial charge in [0.1, 0.15) is 5.69 Å². The van der Waals surface area contributed by atoms with Gasteiger partial charge in [-0.05, 0) is 79.7 Å². The van der Waals surface area contributed by atoms with Crippen molar-refractivity contribution in [2.24, 2.45) is 36.0 Å². The van der Waals surface area contributed by atoms with Crippen molar-refractivity contribution in [2.75, 3.05) is 0 Å². The molecule has 1 aromatic heterocycles. The van der Waals surface area contributed by atoms with Gasteiger partial charge in [0.25, 0.3) is 5.91 Å². The van der Waals surface area contributed by atoms with Gasteiger partial charge in [-0.15, -0.1) is 0 Å². The first-order valence-electron chi connectivity index (χ1n) is 11.0. The van der Waals surface area contributed by atoms with Crippen LogP contribution in [0.15, 0.2) is 36.4 Å². The predicted octanol–water partition coefficient (Wildman–Crippen LogP) is 4.12. The number of alkyl halides is 3. The molecule has 1 aromatic carbocycles. The van der Waals surface area contributed by atoms with E-state index in [1.165, 1.54) is 12.1 Å². The lowest BCUT2D eigenvalue weighted by Gasteiger charge is -2.58. The number of hydrogen-bond acceptors (Lipinski definition) is 2. The molecule has 4 fully saturated rings. The van der Waals surface area contributed by atoms with Gasteiger partial charge in [0.2, 0.25) is 5.91 Å². The normalized spacial score (nSPS) is 31.0. The number of halogens is 3. The third-order valence-electron chi connectivity index (χ3n) is 7.96. The number of amides is 2. The number of nitrogens with one attached hydrogen (secondary N) is 1. The number of rotatable bonds is 4. The first-order valence-corrected chi connectivity index (χ1v) is 11.0. The monoisotopic (exact) mass is 445 g/mol. The SMILES string of the molecule is Cn1c(C(=O)NC2C3CC4CC2CC(C(N)=O)(C4)C3)ccc1-c1ccc(C(F)(F)F)cc1. The fourth-order valence-electron chi connectivity index (χ4n) is 6.65. The Morgan fingerprint density at radius 2 is 1.66 bits per heavy atom. The Hall–Kier alpha value is -2.77. The van der Waals surface area contributed by atoms with Crippen molar-refractivity contribution >= 4 is 11.8 Å². The summed E-state index contributed by atoms with van der Waals surface area (Å²) in [5.41, 5.74) is 6.37. The molecule has 2 aromatic rings. The topological polar surface area (TPSA) is 77.1 Å². The number of primary amides is 1. The van der Waals surface area contributed by atoms with E-state index in [2.05, 4.69) is 5.32 Å². The van der Waals surface area contributed by atoms with Gasteiger partial charge in [0, 0.05) is 24.2 Å². The van der Waals surface area contributed by atoms with E-state index in [1.54, 1.807) is 23.7 Å². The highest BCUT2D eigenvalue weighted by Crippen LogP contribution is 2.59. The minimum Gasteiger partial charge on any atom is -0.369 e. The van der Waals surface area contributed by atoms with E-state index < -0.39 is 17.2 Å². The molecule has 8 heteroatoms. The Labute approximate surface area is 184 Å². The molecule has 1 heterocycles. The van der Waals surface area contributed by atoms with E-state index >= 15 is 0 Å². The number of nitrogens with zero attached hydrogens (tertiary/aromatic N) is 1. The molecule has 0 saturated heterocycles. The zero-order valence-corrected chi connectivity index (χ0v) is 17.8. The van der Waals surface area contributed by atoms with Crippen LogP contribution in [0.3, 0.4) is 0 Å². The minimum atomic E-state index is -4.39. The van der Waals surface area contributed by atoms with Gasteiger partial charge in [-0.1, -0.05) is 12.1 Å². The third kappa shape index (κ3) is 3.31. The molecule has 2 atom stereocenters. The third-order valence-corrected chi connectivity index (χ3v) is 7.96. The summed E-state index contributed by atoms with van der Waals surface area (Å²) in [6.07, 6.45) is 0.00309. The molecule has 2 amide bonds. The summed E-state index contributed by atoms with van der Waals surface area (Å²) in [4.78, 5) is 25.3. The fourth-order valence-corrected chi connectivity index (χ4v) is 6.65. The highest BCUT2D eigenvalue weighted by atomic mass is 19.4. The standard InChI is InChI=1S/C24H26F3N3O2/c1-30-18(14-2-4-17(5-3-14)24(25,26)27)6-7-19(30)21(31)29-20-15-8-13-9-16(20)12-23(10-13,11-15)22(28)32/h2-7,13,15-16,20H,8-12H2,1H3,(H2,28,32)(H,29,31). The van der Waals surface area contributed by atoms with Gasteiger partial charge in [0.05, 0.1) is 5.56 Å². The Kier molecular flexibility index (Phi) is 4.69. The van der Waals surface area contributed by atoms with E-state index in [9.17, 15) is 22.8 Å². The minimum absolute atomic E-state index is 0.0240. The van der Waals surface area contributed by atoms with Crippen LogP contribution < -0.4 is 11.1 Å². The van der Waals surface area contributed by atoms with Crippen LogP contribution in [-0.4, -0.2) is 22.4 Å². The highest BCUT2D eigenvalue weighted by molar-refractivity contribution is 5.94. The summed E-state index contributed by atoms with van der Waals surface area (Å²) in [6.45, 7) is 0. The maximum Gasteiger partial charge on any atom is 0.416 e. The van der Waals surface area contributed by atoms with Crippen LogP contribution in [0, 0.1) is 23.2 Å². The second-order valence-corrected chi connectivity index (χ2v) is 9.85. The van der Waals surface area contributed by atoms with Crippen LogP contribution in [0.2, 0.25) is 0 Å². The van der Waals surface area contributed by atoms with Gasteiger partial charge >= 0.3 is 6.18 Å². The van der Waals surface area contributed by atoms with E-state index in [0.717, 1.165) is 44.2 Å². The Morgan fingerprint density at radius 1 is 1.03 bits per heavy atom. The van der Waals surface area contributed by atoms with Crippen molar-refractivity contribution in [3.8, 4) is 11.3 Å². The number of hydrogen-bond donors (Lipinski definition) is 2. The van der Waals surface area contributed by atoms with E-state index in [1.807, 2.05) is 0 Å². The van der Waals surface area contributed by atoms with Crippen molar-refractivity contribution < 1.29 is 22.8 Å². The number of carbonyl (C=O) groups is 2. The van der Waals surface area contributed by atoms with Crippen molar-refractivity contribution in [3.05, 3.63) is 47.7 Å². The fraction of sp³-hybridized carbons (Fsp3) is 0.500. The lowest BCUT2D eigenvalue weighted by molar-refractivity contribution is -0.145. The van der Waals surface area contributed by atoms with E-state index in [4.69, 9.17) is 5.73 Å². The first-order chi connectivity index (χ1) is 15.1. The molecule has 2 unspecified atom stereocenters. The van der Waals surface area contributed by atoms with Crippen LogP contribution in [0.1, 0.15) is 48.2 Å². The lowest BCUT2D eigenvalue weighted by atomic mass is 9.47. The van der Waals surface area contributed by atoms with Crippen LogP contribution in [0.4, 0.5) is 13.2 Å². The van der Waals surface area contributed by atoms with Gasteiger partial charge in [-0.3, -0.25) is 9.59 Å². The molecule has 3 N–H and O–H groups in total. The van der Waals surface area contributed by atoms with Gasteiger partial charge in [-0.25, -0.2) is 0 Å². The molecule has 32 heavy (non-hydrogen) atoms. The molecular formula is C24H26F3N3O2. The van der Waals surface area contributed by atoms with Crippen LogP contribution in [-0.2, 0) is 18.0 Å². The molecule has 6 rings (SSSR count). The molecule has 5 nitrogen and oxygen atoms in total. The van der Waals surface area contributed by atoms with E-state index in [0.29, 0.717) is 22.9 Å². The van der Waals surface area contributed by atoms with Crippen molar-refractivity contribution in [1.29, 1.82) is 0 Å². The van der Waals surface area contributed by atoms with Crippen LogP contribution in [0.25, 0.3) is 11.3 Å². The van der Waals surface area contributed by atoms with E-state index in [-0.39, 0.29) is 29.7 Å². The summed E-state index contributed by atoms with van der Waals surface area (Å²) in [7, 11) is 1.74. The molecule has 4 bridgehead atoms.